The second-order valence-corrected chi connectivity index (χ2v) is 3.42. The Morgan fingerprint density at radius 3 is 2.82 bits per heavy atom. The van der Waals surface area contributed by atoms with Gasteiger partial charge in [-0.1, -0.05) is 13.0 Å². The van der Waals surface area contributed by atoms with Crippen LogP contribution >= 0.6 is 0 Å². The highest BCUT2D eigenvalue weighted by atomic mass is 16.6. The second-order valence-electron chi connectivity index (χ2n) is 3.42. The highest BCUT2D eigenvalue weighted by Gasteiger charge is 2.27. The minimum atomic E-state index is -0.651. The van der Waals surface area contributed by atoms with Crippen LogP contribution in [0, 0.1) is 0 Å². The Bertz CT molecular complexity index is 407. The summed E-state index contributed by atoms with van der Waals surface area (Å²) < 4.78 is 4.97. The minimum absolute atomic E-state index is 0.0359. The van der Waals surface area contributed by atoms with E-state index in [1.54, 1.807) is 19.9 Å². The van der Waals surface area contributed by atoms with Gasteiger partial charge in [0, 0.05) is 12.5 Å². The van der Waals surface area contributed by atoms with Crippen LogP contribution in [0.25, 0.3) is 0 Å². The molecule has 0 aromatic heterocycles. The molecule has 0 fully saturated rings. The maximum absolute atomic E-state index is 11.7. The molecule has 0 radical (unpaired) electrons. The number of carbonyl (C=O) groups is 2. The maximum atomic E-state index is 11.7. The molecule has 0 unspecified atom stereocenters. The van der Waals surface area contributed by atoms with E-state index in [4.69, 9.17) is 9.57 Å². The van der Waals surface area contributed by atoms with Crippen molar-refractivity contribution >= 4 is 11.8 Å². The number of hydrogen-bond donors (Lipinski definition) is 1. The molecule has 1 heterocycles. The van der Waals surface area contributed by atoms with E-state index in [1.165, 1.54) is 6.08 Å². The molecule has 5 nitrogen and oxygen atoms in total. The van der Waals surface area contributed by atoms with Crippen LogP contribution in [-0.4, -0.2) is 18.4 Å². The molecular weight excluding hydrogens is 222 g/mol. The Morgan fingerprint density at radius 2 is 2.29 bits per heavy atom. The Morgan fingerprint density at radius 1 is 1.59 bits per heavy atom. The average molecular weight is 237 g/mol. The Labute approximate surface area is 99.7 Å². The van der Waals surface area contributed by atoms with Crippen LogP contribution in [0.2, 0.25) is 0 Å². The number of hydroxylamine groups is 1. The van der Waals surface area contributed by atoms with Crippen molar-refractivity contribution in [2.75, 3.05) is 6.61 Å². The van der Waals surface area contributed by atoms with Crippen LogP contribution in [0.1, 0.15) is 20.3 Å². The van der Waals surface area contributed by atoms with Gasteiger partial charge < -0.3 is 4.74 Å². The third-order valence-corrected chi connectivity index (χ3v) is 2.12. The lowest BCUT2D eigenvalue weighted by molar-refractivity contribution is -0.138. The lowest BCUT2D eigenvalue weighted by atomic mass is 10.1. The molecule has 92 valence electrons. The minimum Gasteiger partial charge on any atom is -0.427 e. The monoisotopic (exact) mass is 237 g/mol. The van der Waals surface area contributed by atoms with Crippen molar-refractivity contribution in [1.82, 2.24) is 5.48 Å². The summed E-state index contributed by atoms with van der Waals surface area (Å²) in [5.41, 5.74) is 2.80. The molecule has 1 rings (SSSR count). The van der Waals surface area contributed by atoms with Gasteiger partial charge in [-0.3, -0.25) is 15.1 Å². The van der Waals surface area contributed by atoms with Gasteiger partial charge in [-0.05, 0) is 6.92 Å². The van der Waals surface area contributed by atoms with Crippen molar-refractivity contribution in [2.24, 2.45) is 0 Å². The van der Waals surface area contributed by atoms with Crippen LogP contribution in [0.5, 0.6) is 0 Å². The fraction of sp³-hybridized carbons (Fsp3) is 0.333. The predicted octanol–water partition coefficient (Wildman–Crippen LogP) is 1.39. The summed E-state index contributed by atoms with van der Waals surface area (Å²) in [5, 5.41) is 0. The summed E-state index contributed by atoms with van der Waals surface area (Å²) in [6, 6.07) is 0. The Hall–Kier alpha value is -1.88. The zero-order valence-corrected chi connectivity index (χ0v) is 9.91. The third kappa shape index (κ3) is 3.29. The fourth-order valence-electron chi connectivity index (χ4n) is 1.29. The first-order valence-electron chi connectivity index (χ1n) is 5.26. The van der Waals surface area contributed by atoms with E-state index in [1.807, 2.05) is 0 Å². The van der Waals surface area contributed by atoms with Crippen LogP contribution in [0.15, 0.2) is 35.8 Å². The van der Waals surface area contributed by atoms with E-state index in [2.05, 4.69) is 12.1 Å². The van der Waals surface area contributed by atoms with Crippen molar-refractivity contribution in [2.45, 2.75) is 20.3 Å². The molecule has 0 aliphatic carbocycles. The van der Waals surface area contributed by atoms with E-state index in [9.17, 15) is 9.59 Å². The van der Waals surface area contributed by atoms with E-state index in [0.29, 0.717) is 17.9 Å². The summed E-state index contributed by atoms with van der Waals surface area (Å²) >= 11 is 0. The first-order chi connectivity index (χ1) is 8.10. The van der Waals surface area contributed by atoms with Crippen molar-refractivity contribution in [1.29, 1.82) is 0 Å². The number of hydrogen-bond acceptors (Lipinski definition) is 5. The summed E-state index contributed by atoms with van der Waals surface area (Å²) in [4.78, 5) is 28.2. The topological polar surface area (TPSA) is 64.6 Å². The number of cyclic esters (lactones) is 1. The highest BCUT2D eigenvalue weighted by molar-refractivity contribution is 6.24. The highest BCUT2D eigenvalue weighted by Crippen LogP contribution is 2.18. The third-order valence-electron chi connectivity index (χ3n) is 2.12. The second kappa shape index (κ2) is 6.00. The normalized spacial score (nSPS) is 18.4. The smallest absolute Gasteiger partial charge is 0.349 e. The van der Waals surface area contributed by atoms with E-state index in [-0.39, 0.29) is 18.0 Å². The molecule has 1 aliphatic heterocycles. The molecular formula is C12H15NO4. The predicted molar refractivity (Wildman–Crippen MR) is 61.5 cm³/mol. The largest absolute Gasteiger partial charge is 0.427 e. The summed E-state index contributed by atoms with van der Waals surface area (Å²) in [7, 11) is 0. The van der Waals surface area contributed by atoms with Crippen LogP contribution < -0.4 is 5.48 Å². The molecule has 5 heteroatoms. The molecule has 0 spiro atoms. The quantitative estimate of drug-likeness (QED) is 0.195. The van der Waals surface area contributed by atoms with Gasteiger partial charge in [0.25, 0.3) is 0 Å². The molecule has 0 aromatic carbocycles. The number of rotatable bonds is 5. The van der Waals surface area contributed by atoms with E-state index >= 15 is 0 Å². The first-order valence-corrected chi connectivity index (χ1v) is 5.26. The number of ether oxygens (including phenoxy) is 1. The van der Waals surface area contributed by atoms with Gasteiger partial charge >= 0.3 is 5.97 Å². The molecule has 1 aliphatic rings. The number of esters is 1. The Kier molecular flexibility index (Phi) is 4.66. The van der Waals surface area contributed by atoms with Crippen LogP contribution in [-0.2, 0) is 19.2 Å². The standard InChI is InChI=1S/C12H15NO4/c1-4-6-16-13-8(3)11-10(14)7-9(5-2)17-12(11)15/h4,7,13H,1,5-6H2,2-3H3. The molecule has 0 saturated heterocycles. The van der Waals surface area contributed by atoms with Crippen molar-refractivity contribution in [3.63, 3.8) is 0 Å². The summed E-state index contributed by atoms with van der Waals surface area (Å²) in [6.07, 6.45) is 3.36. The molecule has 1 N–H and O–H groups in total. The van der Waals surface area contributed by atoms with Crippen LogP contribution in [0.3, 0.4) is 0 Å². The number of carbonyl (C=O) groups excluding carboxylic acids is 2. The molecule has 0 bridgehead atoms. The van der Waals surface area contributed by atoms with Gasteiger partial charge in [0.05, 0.1) is 12.3 Å². The maximum Gasteiger partial charge on any atom is 0.349 e. The Balaban J connectivity index is 2.86. The van der Waals surface area contributed by atoms with Gasteiger partial charge in [0.1, 0.15) is 11.3 Å². The first kappa shape index (κ1) is 13.2. The average Bonchev–Trinajstić information content (AvgIpc) is 2.28. The molecule has 0 amide bonds. The summed E-state index contributed by atoms with van der Waals surface area (Å²) in [5.74, 6) is -0.643. The SMILES string of the molecule is C=CCONC(C)=C1C(=O)C=C(CC)OC1=O. The lowest BCUT2D eigenvalue weighted by Crippen LogP contribution is -2.26. The van der Waals surface area contributed by atoms with E-state index < -0.39 is 5.97 Å². The number of ketones is 1. The van der Waals surface area contributed by atoms with Gasteiger partial charge in [0.2, 0.25) is 0 Å². The molecule has 0 atom stereocenters. The molecule has 0 aromatic rings. The zero-order chi connectivity index (χ0) is 12.8. The van der Waals surface area contributed by atoms with Gasteiger partial charge in [-0.25, -0.2) is 4.79 Å². The van der Waals surface area contributed by atoms with Gasteiger partial charge in [-0.15, -0.1) is 6.58 Å². The van der Waals surface area contributed by atoms with Crippen molar-refractivity contribution < 1.29 is 19.2 Å². The summed E-state index contributed by atoms with van der Waals surface area (Å²) in [6.45, 7) is 7.12. The molecule has 17 heavy (non-hydrogen) atoms. The number of nitrogens with one attached hydrogen (secondary N) is 1. The van der Waals surface area contributed by atoms with Crippen LogP contribution in [0.4, 0.5) is 0 Å². The molecule has 0 saturated carbocycles. The van der Waals surface area contributed by atoms with Crippen molar-refractivity contribution in [3.05, 3.63) is 35.8 Å². The zero-order valence-electron chi connectivity index (χ0n) is 9.91. The van der Waals surface area contributed by atoms with Gasteiger partial charge in [0.15, 0.2) is 5.78 Å². The fourth-order valence-corrected chi connectivity index (χ4v) is 1.29. The van der Waals surface area contributed by atoms with Gasteiger partial charge in [-0.2, -0.15) is 0 Å². The van der Waals surface area contributed by atoms with Crippen molar-refractivity contribution in [3.8, 4) is 0 Å². The van der Waals surface area contributed by atoms with E-state index in [0.717, 1.165) is 0 Å². The lowest BCUT2D eigenvalue weighted by Gasteiger charge is -2.16. The number of allylic oxidation sites excluding steroid dienone is 3.